The maximum absolute atomic E-state index is 12.8. The fourth-order valence-corrected chi connectivity index (χ4v) is 4.02. The van der Waals surface area contributed by atoms with Crippen LogP contribution < -0.4 is 14.8 Å². The van der Waals surface area contributed by atoms with Crippen LogP contribution in [-0.2, 0) is 10.0 Å². The number of nitrogens with zero attached hydrogens (tertiary/aromatic N) is 2. The van der Waals surface area contributed by atoms with E-state index in [-0.39, 0.29) is 21.8 Å². The Kier molecular flexibility index (Phi) is 6.77. The number of nitro groups is 2. The van der Waals surface area contributed by atoms with Gasteiger partial charge < -0.3 is 10.1 Å². The molecule has 0 aliphatic rings. The molecule has 12 nitrogen and oxygen atoms in total. The number of hydrogen-bond acceptors (Lipinski definition) is 8. The summed E-state index contributed by atoms with van der Waals surface area (Å²) < 4.78 is 33.1. The van der Waals surface area contributed by atoms with Crippen molar-refractivity contribution < 1.29 is 27.8 Å². The monoisotopic (exact) mass is 486 g/mol. The highest BCUT2D eigenvalue weighted by Crippen LogP contribution is 2.28. The molecule has 0 aliphatic carbocycles. The Hall–Kier alpha value is -4.52. The number of methoxy groups -OCH3 is 1. The van der Waals surface area contributed by atoms with E-state index in [9.17, 15) is 33.4 Å². The summed E-state index contributed by atoms with van der Waals surface area (Å²) in [6.45, 7) is 1.80. The molecule has 0 atom stereocenters. The molecule has 0 heterocycles. The summed E-state index contributed by atoms with van der Waals surface area (Å²) in [5.41, 5.74) is -0.279. The Morgan fingerprint density at radius 2 is 1.50 bits per heavy atom. The number of rotatable bonds is 8. The van der Waals surface area contributed by atoms with E-state index in [1.54, 1.807) is 25.1 Å². The highest BCUT2D eigenvalue weighted by atomic mass is 32.2. The third-order valence-corrected chi connectivity index (χ3v) is 5.99. The molecule has 0 aliphatic heterocycles. The Labute approximate surface area is 193 Å². The summed E-state index contributed by atoms with van der Waals surface area (Å²) in [4.78, 5) is 32.7. The highest BCUT2D eigenvalue weighted by Gasteiger charge is 2.21. The molecule has 1 amide bonds. The smallest absolute Gasteiger partial charge is 0.277 e. The van der Waals surface area contributed by atoms with Crippen molar-refractivity contribution in [2.75, 3.05) is 17.1 Å². The van der Waals surface area contributed by atoms with Gasteiger partial charge in [0, 0.05) is 17.8 Å². The van der Waals surface area contributed by atoms with Gasteiger partial charge in [-0.1, -0.05) is 6.07 Å². The van der Waals surface area contributed by atoms with Gasteiger partial charge in [0.15, 0.2) is 0 Å². The summed E-state index contributed by atoms with van der Waals surface area (Å²) in [5, 5.41) is 24.4. The zero-order valence-electron chi connectivity index (χ0n) is 17.8. The van der Waals surface area contributed by atoms with E-state index < -0.39 is 37.2 Å². The minimum atomic E-state index is -3.98. The van der Waals surface area contributed by atoms with Crippen molar-refractivity contribution in [1.29, 1.82) is 0 Å². The molecule has 13 heteroatoms. The topological polar surface area (TPSA) is 171 Å². The first kappa shape index (κ1) is 24.1. The quantitative estimate of drug-likeness (QED) is 0.357. The highest BCUT2D eigenvalue weighted by molar-refractivity contribution is 7.92. The number of nitro benzene ring substituents is 2. The lowest BCUT2D eigenvalue weighted by Gasteiger charge is -2.13. The molecule has 0 unspecified atom stereocenters. The summed E-state index contributed by atoms with van der Waals surface area (Å²) >= 11 is 0. The van der Waals surface area contributed by atoms with Crippen LogP contribution in [0.3, 0.4) is 0 Å². The molecule has 3 aromatic rings. The molecular weight excluding hydrogens is 468 g/mol. The van der Waals surface area contributed by atoms with Crippen molar-refractivity contribution in [2.24, 2.45) is 0 Å². The van der Waals surface area contributed by atoms with Crippen molar-refractivity contribution in [1.82, 2.24) is 0 Å². The van der Waals surface area contributed by atoms with Gasteiger partial charge in [-0.15, -0.1) is 0 Å². The van der Waals surface area contributed by atoms with Gasteiger partial charge in [0.25, 0.3) is 27.3 Å². The van der Waals surface area contributed by atoms with E-state index >= 15 is 0 Å². The van der Waals surface area contributed by atoms with Gasteiger partial charge in [-0.3, -0.25) is 29.7 Å². The van der Waals surface area contributed by atoms with Crippen LogP contribution in [0.15, 0.2) is 65.6 Å². The molecule has 0 fully saturated rings. The Balaban J connectivity index is 1.81. The van der Waals surface area contributed by atoms with Gasteiger partial charge in [-0.05, 0) is 48.9 Å². The Bertz CT molecular complexity index is 1360. The molecule has 176 valence electrons. The molecule has 0 aromatic heterocycles. The first-order valence-electron chi connectivity index (χ1n) is 9.53. The van der Waals surface area contributed by atoms with Crippen LogP contribution in [0.4, 0.5) is 22.7 Å². The molecule has 3 rings (SSSR count). The summed E-state index contributed by atoms with van der Waals surface area (Å²) in [6, 6.07) is 12.7. The fraction of sp³-hybridized carbons (Fsp3) is 0.0952. The van der Waals surface area contributed by atoms with Gasteiger partial charge in [-0.25, -0.2) is 8.42 Å². The van der Waals surface area contributed by atoms with Crippen LogP contribution >= 0.6 is 0 Å². The molecule has 34 heavy (non-hydrogen) atoms. The molecule has 3 aromatic carbocycles. The number of sulfonamides is 1. The second-order valence-corrected chi connectivity index (χ2v) is 8.72. The van der Waals surface area contributed by atoms with Crippen molar-refractivity contribution in [3.05, 3.63) is 92.0 Å². The van der Waals surface area contributed by atoms with Gasteiger partial charge in [-0.2, -0.15) is 0 Å². The zero-order valence-corrected chi connectivity index (χ0v) is 18.7. The minimum absolute atomic E-state index is 0.0972. The molecule has 2 N–H and O–H groups in total. The van der Waals surface area contributed by atoms with Crippen LogP contribution in [0.1, 0.15) is 15.9 Å². The van der Waals surface area contributed by atoms with Gasteiger partial charge in [0.2, 0.25) is 0 Å². The number of anilines is 2. The second kappa shape index (κ2) is 9.54. The van der Waals surface area contributed by atoms with Crippen molar-refractivity contribution in [3.63, 3.8) is 0 Å². The third kappa shape index (κ3) is 5.45. The largest absolute Gasteiger partial charge is 0.495 e. The maximum atomic E-state index is 12.8. The number of amides is 1. The SMILES string of the molecule is COc1ccc(C)cc1NS(=O)(=O)c1ccc(NC(=O)c2cc([N+](=O)[O-])cc([N+](=O)[O-])c2)cc1. The number of hydrogen-bond donors (Lipinski definition) is 2. The van der Waals surface area contributed by atoms with E-state index in [2.05, 4.69) is 10.0 Å². The number of benzene rings is 3. The van der Waals surface area contributed by atoms with Crippen LogP contribution in [0.5, 0.6) is 5.75 Å². The number of carbonyl (C=O) groups excluding carboxylic acids is 1. The first-order chi connectivity index (χ1) is 16.0. The summed E-state index contributed by atoms with van der Waals surface area (Å²) in [7, 11) is -2.57. The van der Waals surface area contributed by atoms with Crippen molar-refractivity contribution in [2.45, 2.75) is 11.8 Å². The fourth-order valence-electron chi connectivity index (χ4n) is 2.96. The lowest BCUT2D eigenvalue weighted by molar-refractivity contribution is -0.394. The zero-order chi connectivity index (χ0) is 25.0. The predicted octanol–water partition coefficient (Wildman–Crippen LogP) is 3.87. The van der Waals surface area contributed by atoms with E-state index in [4.69, 9.17) is 4.74 Å². The lowest BCUT2D eigenvalue weighted by atomic mass is 10.1. The van der Waals surface area contributed by atoms with E-state index in [0.717, 1.165) is 23.8 Å². The minimum Gasteiger partial charge on any atom is -0.495 e. The van der Waals surface area contributed by atoms with E-state index in [1.165, 1.54) is 31.4 Å². The van der Waals surface area contributed by atoms with E-state index in [0.29, 0.717) is 5.75 Å². The summed E-state index contributed by atoms with van der Waals surface area (Å²) in [6.07, 6.45) is 0. The van der Waals surface area contributed by atoms with Crippen LogP contribution in [0.25, 0.3) is 0 Å². The van der Waals surface area contributed by atoms with Crippen molar-refractivity contribution in [3.8, 4) is 5.75 Å². The second-order valence-electron chi connectivity index (χ2n) is 7.04. The Morgan fingerprint density at radius 1 is 0.912 bits per heavy atom. The molecule has 0 bridgehead atoms. The maximum Gasteiger partial charge on any atom is 0.277 e. The normalized spacial score (nSPS) is 10.9. The summed E-state index contributed by atoms with van der Waals surface area (Å²) in [5.74, 6) is -0.505. The van der Waals surface area contributed by atoms with E-state index in [1.807, 2.05) is 0 Å². The Morgan fingerprint density at radius 3 is 2.03 bits per heavy atom. The molecule has 0 saturated heterocycles. The van der Waals surface area contributed by atoms with Gasteiger partial charge in [0.1, 0.15) is 5.75 Å². The van der Waals surface area contributed by atoms with Gasteiger partial charge >= 0.3 is 0 Å². The van der Waals surface area contributed by atoms with Gasteiger partial charge in [0.05, 0.1) is 39.2 Å². The molecule has 0 radical (unpaired) electrons. The lowest BCUT2D eigenvalue weighted by Crippen LogP contribution is -2.15. The third-order valence-electron chi connectivity index (χ3n) is 4.61. The predicted molar refractivity (Wildman–Crippen MR) is 123 cm³/mol. The van der Waals surface area contributed by atoms with Crippen LogP contribution in [-0.4, -0.2) is 31.3 Å². The first-order valence-corrected chi connectivity index (χ1v) is 11.0. The average Bonchev–Trinajstić information content (AvgIpc) is 2.79. The number of non-ortho nitro benzene ring substituents is 2. The molecule has 0 saturated carbocycles. The van der Waals surface area contributed by atoms with Crippen molar-refractivity contribution >= 4 is 38.7 Å². The number of aryl methyl sites for hydroxylation is 1. The van der Waals surface area contributed by atoms with Crippen LogP contribution in [0, 0.1) is 27.2 Å². The van der Waals surface area contributed by atoms with Crippen LogP contribution in [0.2, 0.25) is 0 Å². The number of carbonyl (C=O) groups is 1. The molecular formula is C21H18N4O8S. The molecule has 0 spiro atoms. The standard InChI is InChI=1S/C21H18N4O8S/c1-13-3-8-20(33-2)19(9-13)23-34(31,32)18-6-4-15(5-7-18)22-21(26)14-10-16(24(27)28)12-17(11-14)25(29)30/h3-12,23H,1-2H3,(H,22,26). The number of nitrogens with one attached hydrogen (secondary N) is 2. The number of ether oxygens (including phenoxy) is 1. The average molecular weight is 486 g/mol.